The minimum absolute atomic E-state index is 0.422. The fourth-order valence-corrected chi connectivity index (χ4v) is 11.5. The lowest BCUT2D eigenvalue weighted by Gasteiger charge is -2.38. The van der Waals surface area contributed by atoms with Gasteiger partial charge in [-0.05, 0) is 65.6 Å². The van der Waals surface area contributed by atoms with Crippen LogP contribution in [-0.4, -0.2) is 26.4 Å². The highest BCUT2D eigenvalue weighted by Crippen LogP contribution is 2.39. The number of benzene rings is 4. The lowest BCUT2D eigenvalue weighted by Crippen LogP contribution is -2.75. The fourth-order valence-electron chi connectivity index (χ4n) is 6.06. The Morgan fingerprint density at radius 2 is 1.09 bits per heavy atom. The molecule has 0 aliphatic carbocycles. The maximum absolute atomic E-state index is 6.75. The van der Waals surface area contributed by atoms with Crippen molar-refractivity contribution in [1.29, 1.82) is 0 Å². The SMILES string of the molecule is CC1(C)OB(c2cccc3c2Oc2ccccc2[Si]32c3ccccc3-c3ccccc32)OC1(C)C. The summed E-state index contributed by atoms with van der Waals surface area (Å²) < 4.78 is 19.8. The molecule has 0 bridgehead atoms. The molecule has 0 unspecified atom stereocenters. The topological polar surface area (TPSA) is 27.7 Å². The largest absolute Gasteiger partial charge is 0.498 e. The van der Waals surface area contributed by atoms with Crippen LogP contribution in [0.1, 0.15) is 27.7 Å². The van der Waals surface area contributed by atoms with E-state index in [9.17, 15) is 0 Å². The van der Waals surface area contributed by atoms with Crippen LogP contribution in [0.4, 0.5) is 0 Å². The van der Waals surface area contributed by atoms with E-state index in [1.54, 1.807) is 0 Å². The smallest absolute Gasteiger partial charge is 0.458 e. The van der Waals surface area contributed by atoms with Gasteiger partial charge in [-0.3, -0.25) is 0 Å². The molecule has 3 heterocycles. The minimum atomic E-state index is -2.59. The Hall–Kier alpha value is -3.12. The molecule has 0 amide bonds. The van der Waals surface area contributed by atoms with Crippen LogP contribution in [-0.2, 0) is 9.31 Å². The summed E-state index contributed by atoms with van der Waals surface area (Å²) >= 11 is 0. The molecule has 3 aliphatic rings. The van der Waals surface area contributed by atoms with Gasteiger partial charge in [-0.15, -0.1) is 0 Å². The highest BCUT2D eigenvalue weighted by molar-refractivity contribution is 7.23. The predicted octanol–water partition coefficient (Wildman–Crippen LogP) is 3.45. The van der Waals surface area contributed by atoms with Crippen LogP contribution in [0.5, 0.6) is 11.5 Å². The van der Waals surface area contributed by atoms with E-state index in [4.69, 9.17) is 14.0 Å². The van der Waals surface area contributed by atoms with Crippen molar-refractivity contribution in [3.8, 4) is 22.6 Å². The molecule has 5 heteroatoms. The van der Waals surface area contributed by atoms with Crippen molar-refractivity contribution in [1.82, 2.24) is 0 Å². The van der Waals surface area contributed by atoms with Crippen LogP contribution >= 0.6 is 0 Å². The fraction of sp³-hybridized carbons (Fsp3) is 0.200. The summed E-state index contributed by atoms with van der Waals surface area (Å²) in [5, 5.41) is 5.41. The number of hydrogen-bond acceptors (Lipinski definition) is 3. The van der Waals surface area contributed by atoms with Crippen LogP contribution in [0.2, 0.25) is 0 Å². The third kappa shape index (κ3) is 2.63. The van der Waals surface area contributed by atoms with Gasteiger partial charge in [0.05, 0.1) is 11.2 Å². The maximum Gasteiger partial charge on any atom is 0.498 e. The zero-order valence-corrected chi connectivity index (χ0v) is 21.5. The molecule has 1 spiro atoms. The van der Waals surface area contributed by atoms with Crippen LogP contribution < -0.4 is 30.9 Å². The first-order chi connectivity index (χ1) is 16.8. The molecule has 35 heavy (non-hydrogen) atoms. The Morgan fingerprint density at radius 3 is 1.71 bits per heavy atom. The van der Waals surface area contributed by atoms with E-state index in [1.807, 2.05) is 0 Å². The van der Waals surface area contributed by atoms with E-state index in [0.717, 1.165) is 17.0 Å². The molecular weight excluding hydrogens is 447 g/mol. The molecule has 7 rings (SSSR count). The van der Waals surface area contributed by atoms with Gasteiger partial charge in [-0.2, -0.15) is 0 Å². The third-order valence-electron chi connectivity index (χ3n) is 8.41. The van der Waals surface area contributed by atoms with Gasteiger partial charge in [0.1, 0.15) is 11.5 Å². The molecule has 0 aromatic heterocycles. The van der Waals surface area contributed by atoms with E-state index in [1.165, 1.54) is 31.9 Å². The van der Waals surface area contributed by atoms with Crippen molar-refractivity contribution in [2.45, 2.75) is 38.9 Å². The Balaban J connectivity index is 1.56. The standard InChI is InChI=1S/C30H27BO3Si/c1-29(2)30(3,4)34-31(33-29)22-14-11-19-27-28(22)32-23-15-7-10-18-26(23)35(27)24-16-8-5-12-20(24)21-13-6-9-17-25(21)35/h5-19H,1-4H3. The number of ether oxygens (including phenoxy) is 1. The summed E-state index contributed by atoms with van der Waals surface area (Å²) in [7, 11) is -3.08. The van der Waals surface area contributed by atoms with Crippen molar-refractivity contribution in [3.05, 3.63) is 91.0 Å². The third-order valence-corrected chi connectivity index (χ3v) is 13.3. The van der Waals surface area contributed by atoms with E-state index in [2.05, 4.69) is 119 Å². The molecule has 0 saturated carbocycles. The van der Waals surface area contributed by atoms with Crippen molar-refractivity contribution >= 4 is 41.4 Å². The lowest BCUT2D eigenvalue weighted by atomic mass is 9.78. The van der Waals surface area contributed by atoms with Crippen LogP contribution in [0.3, 0.4) is 0 Å². The van der Waals surface area contributed by atoms with E-state index >= 15 is 0 Å². The Kier molecular flexibility index (Phi) is 4.22. The first kappa shape index (κ1) is 21.2. The Labute approximate surface area is 207 Å². The quantitative estimate of drug-likeness (QED) is 0.342. The monoisotopic (exact) mass is 474 g/mol. The van der Waals surface area contributed by atoms with Gasteiger partial charge in [0.15, 0.2) is 8.07 Å². The van der Waals surface area contributed by atoms with Crippen molar-refractivity contribution in [2.24, 2.45) is 0 Å². The van der Waals surface area contributed by atoms with Gasteiger partial charge in [-0.25, -0.2) is 0 Å². The maximum atomic E-state index is 6.75. The highest BCUT2D eigenvalue weighted by Gasteiger charge is 2.56. The van der Waals surface area contributed by atoms with Crippen LogP contribution in [0, 0.1) is 0 Å². The highest BCUT2D eigenvalue weighted by atomic mass is 28.3. The van der Waals surface area contributed by atoms with Crippen molar-refractivity contribution < 1.29 is 14.0 Å². The number of para-hydroxylation sites is 2. The summed E-state index contributed by atoms with van der Waals surface area (Å²) in [5.74, 6) is 1.82. The van der Waals surface area contributed by atoms with Crippen molar-refractivity contribution in [3.63, 3.8) is 0 Å². The number of rotatable bonds is 1. The predicted molar refractivity (Wildman–Crippen MR) is 145 cm³/mol. The molecular formula is C30H27BO3Si. The van der Waals surface area contributed by atoms with Crippen molar-refractivity contribution in [2.75, 3.05) is 0 Å². The van der Waals surface area contributed by atoms with Gasteiger partial charge < -0.3 is 14.0 Å². The van der Waals surface area contributed by atoms with Gasteiger partial charge in [-0.1, -0.05) is 84.9 Å². The van der Waals surface area contributed by atoms with Crippen LogP contribution in [0.25, 0.3) is 11.1 Å². The van der Waals surface area contributed by atoms with Gasteiger partial charge in [0, 0.05) is 5.46 Å². The molecule has 1 saturated heterocycles. The molecule has 4 aromatic carbocycles. The number of hydrogen-bond donors (Lipinski definition) is 0. The molecule has 3 aliphatic heterocycles. The molecule has 4 aromatic rings. The first-order valence-electron chi connectivity index (χ1n) is 12.3. The second kappa shape index (κ2) is 6.97. The van der Waals surface area contributed by atoms with Gasteiger partial charge in [0.2, 0.25) is 0 Å². The minimum Gasteiger partial charge on any atom is -0.458 e. The van der Waals surface area contributed by atoms with Crippen LogP contribution in [0.15, 0.2) is 91.0 Å². The molecule has 0 atom stereocenters. The molecule has 0 radical (unpaired) electrons. The summed E-state index contributed by atoms with van der Waals surface area (Å²) in [4.78, 5) is 0. The van der Waals surface area contributed by atoms with E-state index in [0.29, 0.717) is 0 Å². The first-order valence-corrected chi connectivity index (χ1v) is 14.3. The average Bonchev–Trinajstić information content (AvgIpc) is 3.27. The normalized spacial score (nSPS) is 19.5. The summed E-state index contributed by atoms with van der Waals surface area (Å²) in [6, 6.07) is 32.9. The van der Waals surface area contributed by atoms with E-state index in [-0.39, 0.29) is 0 Å². The van der Waals surface area contributed by atoms with Gasteiger partial charge >= 0.3 is 7.12 Å². The zero-order valence-electron chi connectivity index (χ0n) is 20.5. The summed E-state index contributed by atoms with van der Waals surface area (Å²) in [6.07, 6.45) is 0. The molecule has 0 N–H and O–H groups in total. The lowest BCUT2D eigenvalue weighted by molar-refractivity contribution is 0.00578. The van der Waals surface area contributed by atoms with E-state index < -0.39 is 26.4 Å². The van der Waals surface area contributed by atoms with Gasteiger partial charge in [0.25, 0.3) is 0 Å². The average molecular weight is 474 g/mol. The molecule has 172 valence electrons. The Morgan fingerprint density at radius 1 is 0.571 bits per heavy atom. The Bertz CT molecular complexity index is 1450. The number of fused-ring (bicyclic) bond motifs is 9. The second-order valence-electron chi connectivity index (χ2n) is 10.8. The molecule has 3 nitrogen and oxygen atoms in total. The molecule has 1 fully saturated rings. The summed E-state index contributed by atoms with van der Waals surface area (Å²) in [5.41, 5.74) is 2.78. The second-order valence-corrected chi connectivity index (χ2v) is 14.4. The zero-order chi connectivity index (χ0) is 24.0. The summed E-state index contributed by atoms with van der Waals surface area (Å²) in [6.45, 7) is 8.38.